The summed E-state index contributed by atoms with van der Waals surface area (Å²) in [6, 6.07) is 9.37. The molecule has 2 unspecified atom stereocenters. The normalized spacial score (nSPS) is 13.7. The highest BCUT2D eigenvalue weighted by Gasteiger charge is 2.17. The molecule has 2 atom stereocenters. The van der Waals surface area contributed by atoms with E-state index in [1.54, 1.807) is 0 Å². The van der Waals surface area contributed by atoms with E-state index in [-0.39, 0.29) is 24.5 Å². The van der Waals surface area contributed by atoms with Crippen molar-refractivity contribution in [3.63, 3.8) is 0 Å². The van der Waals surface area contributed by atoms with Crippen molar-refractivity contribution < 1.29 is 14.6 Å². The number of aliphatic hydroxyl groups excluding tert-OH is 1. The zero-order chi connectivity index (χ0) is 13.4. The predicted molar refractivity (Wildman–Crippen MR) is 73.6 cm³/mol. The van der Waals surface area contributed by atoms with Gasteiger partial charge in [0, 0.05) is 11.3 Å². The molecule has 4 nitrogen and oxygen atoms in total. The van der Waals surface area contributed by atoms with Gasteiger partial charge in [0.25, 0.3) is 0 Å². The average molecular weight is 269 g/mol. The Labute approximate surface area is 112 Å². The number of nitrogens with one attached hydrogen (secondary N) is 1. The van der Waals surface area contributed by atoms with Gasteiger partial charge in [-0.05, 0) is 18.7 Å². The van der Waals surface area contributed by atoms with E-state index in [0.29, 0.717) is 0 Å². The third kappa shape index (κ3) is 4.98. The van der Waals surface area contributed by atoms with Crippen LogP contribution in [0.4, 0.5) is 4.79 Å². The smallest absolute Gasteiger partial charge is 0.407 e. The van der Waals surface area contributed by atoms with Gasteiger partial charge in [-0.25, -0.2) is 4.79 Å². The molecule has 0 radical (unpaired) electrons. The first-order valence-electron chi connectivity index (χ1n) is 5.78. The molecule has 0 aliphatic carbocycles. The fraction of sp³-hybridized carbons (Fsp3) is 0.462. The summed E-state index contributed by atoms with van der Waals surface area (Å²) in [5.74, 6) is 0. The molecule has 0 heterocycles. The minimum absolute atomic E-state index is 0.0192. The Morgan fingerprint density at radius 1 is 1.44 bits per heavy atom. The van der Waals surface area contributed by atoms with Gasteiger partial charge in [-0.2, -0.15) is 11.8 Å². The first kappa shape index (κ1) is 14.9. The van der Waals surface area contributed by atoms with Crippen molar-refractivity contribution in [1.29, 1.82) is 0 Å². The molecule has 100 valence electrons. The van der Waals surface area contributed by atoms with Crippen molar-refractivity contribution in [2.45, 2.75) is 24.8 Å². The van der Waals surface area contributed by atoms with Crippen LogP contribution in [0.5, 0.6) is 0 Å². The maximum atomic E-state index is 11.5. The minimum atomic E-state index is -0.459. The highest BCUT2D eigenvalue weighted by molar-refractivity contribution is 7.99. The van der Waals surface area contributed by atoms with Crippen LogP contribution in [-0.2, 0) is 11.3 Å². The van der Waals surface area contributed by atoms with Crippen molar-refractivity contribution in [3.8, 4) is 0 Å². The highest BCUT2D eigenvalue weighted by Crippen LogP contribution is 2.10. The van der Waals surface area contributed by atoms with E-state index in [1.807, 2.05) is 43.5 Å². The van der Waals surface area contributed by atoms with E-state index >= 15 is 0 Å². The summed E-state index contributed by atoms with van der Waals surface area (Å²) in [7, 11) is 0. The molecule has 0 saturated carbocycles. The summed E-state index contributed by atoms with van der Waals surface area (Å²) in [5.41, 5.74) is 0.948. The van der Waals surface area contributed by atoms with Gasteiger partial charge in [0.15, 0.2) is 0 Å². The fourth-order valence-electron chi connectivity index (χ4n) is 1.48. The van der Waals surface area contributed by atoms with Crippen molar-refractivity contribution in [1.82, 2.24) is 5.32 Å². The monoisotopic (exact) mass is 269 g/mol. The summed E-state index contributed by atoms with van der Waals surface area (Å²) < 4.78 is 5.10. The van der Waals surface area contributed by atoms with Crippen molar-refractivity contribution in [2.24, 2.45) is 0 Å². The first-order valence-corrected chi connectivity index (χ1v) is 7.07. The molecule has 1 rings (SSSR count). The third-order valence-corrected chi connectivity index (χ3v) is 3.76. The second kappa shape index (κ2) is 8.00. The number of amides is 1. The molecule has 0 bridgehead atoms. The molecule has 1 aromatic carbocycles. The number of carbonyl (C=O) groups is 1. The van der Waals surface area contributed by atoms with Gasteiger partial charge < -0.3 is 15.2 Å². The number of hydrogen-bond donors (Lipinski definition) is 2. The summed E-state index contributed by atoms with van der Waals surface area (Å²) >= 11 is 1.51. The third-order valence-electron chi connectivity index (χ3n) is 2.60. The van der Waals surface area contributed by atoms with Gasteiger partial charge in [-0.3, -0.25) is 0 Å². The van der Waals surface area contributed by atoms with Crippen LogP contribution in [0.25, 0.3) is 0 Å². The molecule has 18 heavy (non-hydrogen) atoms. The van der Waals surface area contributed by atoms with Crippen molar-refractivity contribution >= 4 is 17.9 Å². The Bertz CT molecular complexity index is 355. The molecule has 5 heteroatoms. The lowest BCUT2D eigenvalue weighted by atomic mass is 10.2. The van der Waals surface area contributed by atoms with Crippen LogP contribution in [0, 0.1) is 0 Å². The molecule has 0 fully saturated rings. The van der Waals surface area contributed by atoms with Crippen LogP contribution in [0.1, 0.15) is 12.5 Å². The Morgan fingerprint density at radius 3 is 2.67 bits per heavy atom. The summed E-state index contributed by atoms with van der Waals surface area (Å²) in [6.45, 7) is 2.13. The van der Waals surface area contributed by atoms with Crippen LogP contribution >= 0.6 is 11.8 Å². The van der Waals surface area contributed by atoms with Crippen LogP contribution in [0.15, 0.2) is 30.3 Å². The van der Waals surface area contributed by atoms with Crippen LogP contribution < -0.4 is 5.32 Å². The SMILES string of the molecule is CSC(CO)C(C)NC(=O)OCc1ccccc1. The maximum absolute atomic E-state index is 11.5. The van der Waals surface area contributed by atoms with Crippen LogP contribution in [0.3, 0.4) is 0 Å². The zero-order valence-corrected chi connectivity index (χ0v) is 11.4. The molecule has 0 aliphatic rings. The molecule has 1 aromatic rings. The van der Waals surface area contributed by atoms with E-state index in [9.17, 15) is 4.79 Å². The molecule has 0 aromatic heterocycles. The van der Waals surface area contributed by atoms with E-state index in [1.165, 1.54) is 11.8 Å². The quantitative estimate of drug-likeness (QED) is 0.829. The lowest BCUT2D eigenvalue weighted by Gasteiger charge is -2.20. The van der Waals surface area contributed by atoms with E-state index in [4.69, 9.17) is 9.84 Å². The van der Waals surface area contributed by atoms with E-state index < -0.39 is 6.09 Å². The van der Waals surface area contributed by atoms with Crippen LogP contribution in [0.2, 0.25) is 0 Å². The minimum Gasteiger partial charge on any atom is -0.445 e. The molecular weight excluding hydrogens is 250 g/mol. The number of alkyl carbamates (subject to hydrolysis) is 1. The molecule has 0 spiro atoms. The zero-order valence-electron chi connectivity index (χ0n) is 10.6. The number of ether oxygens (including phenoxy) is 1. The predicted octanol–water partition coefficient (Wildman–Crippen LogP) is 2.03. The van der Waals surface area contributed by atoms with Gasteiger partial charge in [-0.15, -0.1) is 0 Å². The molecule has 1 amide bonds. The molecular formula is C13H19NO3S. The number of thioether (sulfide) groups is 1. The van der Waals surface area contributed by atoms with Crippen LogP contribution in [-0.4, -0.2) is 35.4 Å². The number of aliphatic hydroxyl groups is 1. The molecule has 0 saturated heterocycles. The molecule has 2 N–H and O–H groups in total. The largest absolute Gasteiger partial charge is 0.445 e. The summed E-state index contributed by atoms with van der Waals surface area (Å²) in [6.07, 6.45) is 1.44. The Hall–Kier alpha value is -1.20. The lowest BCUT2D eigenvalue weighted by Crippen LogP contribution is -2.41. The number of carbonyl (C=O) groups excluding carboxylic acids is 1. The van der Waals surface area contributed by atoms with E-state index in [2.05, 4.69) is 5.32 Å². The average Bonchev–Trinajstić information content (AvgIpc) is 2.39. The number of benzene rings is 1. The van der Waals surface area contributed by atoms with Gasteiger partial charge in [0.2, 0.25) is 0 Å². The number of rotatable bonds is 6. The summed E-state index contributed by atoms with van der Waals surface area (Å²) in [4.78, 5) is 11.5. The summed E-state index contributed by atoms with van der Waals surface area (Å²) in [5, 5.41) is 11.8. The van der Waals surface area contributed by atoms with Crippen molar-refractivity contribution in [2.75, 3.05) is 12.9 Å². The fourth-order valence-corrected chi connectivity index (χ4v) is 2.11. The second-order valence-corrected chi connectivity index (χ2v) is 5.03. The van der Waals surface area contributed by atoms with Gasteiger partial charge in [0.05, 0.1) is 6.61 Å². The van der Waals surface area contributed by atoms with Gasteiger partial charge >= 0.3 is 6.09 Å². The lowest BCUT2D eigenvalue weighted by molar-refractivity contribution is 0.135. The van der Waals surface area contributed by atoms with Gasteiger partial charge in [0.1, 0.15) is 6.61 Å². The Morgan fingerprint density at radius 2 is 2.11 bits per heavy atom. The highest BCUT2D eigenvalue weighted by atomic mass is 32.2. The van der Waals surface area contributed by atoms with Crippen molar-refractivity contribution in [3.05, 3.63) is 35.9 Å². The standard InChI is InChI=1S/C13H19NO3S/c1-10(12(8-15)18-2)14-13(16)17-9-11-6-4-3-5-7-11/h3-7,10,12,15H,8-9H2,1-2H3,(H,14,16). The second-order valence-electron chi connectivity index (χ2n) is 3.95. The molecule has 0 aliphatic heterocycles. The number of hydrogen-bond acceptors (Lipinski definition) is 4. The van der Waals surface area contributed by atoms with E-state index in [0.717, 1.165) is 5.56 Å². The Balaban J connectivity index is 2.33. The topological polar surface area (TPSA) is 58.6 Å². The van der Waals surface area contributed by atoms with Gasteiger partial charge in [-0.1, -0.05) is 30.3 Å². The Kier molecular flexibility index (Phi) is 6.60. The maximum Gasteiger partial charge on any atom is 0.407 e. The first-order chi connectivity index (χ1) is 8.67.